The number of nitrogens with one attached hydrogen (secondary N) is 2. The number of fused-ring (bicyclic) bond motifs is 1. The smallest absolute Gasteiger partial charge is 0.158 e. The van der Waals surface area contributed by atoms with Crippen molar-refractivity contribution in [2.45, 2.75) is 13.5 Å². The van der Waals surface area contributed by atoms with Crippen molar-refractivity contribution in [2.75, 3.05) is 5.32 Å². The third-order valence-corrected chi connectivity index (χ3v) is 4.30. The second-order valence-electron chi connectivity index (χ2n) is 6.12. The Morgan fingerprint density at radius 1 is 1.15 bits per heavy atom. The van der Waals surface area contributed by atoms with Gasteiger partial charge in [0.15, 0.2) is 5.82 Å². The summed E-state index contributed by atoms with van der Waals surface area (Å²) in [5, 5.41) is 12.5. The summed E-state index contributed by atoms with van der Waals surface area (Å²) in [6, 6.07) is 17.4. The van der Waals surface area contributed by atoms with E-state index >= 15 is 0 Å². The Labute approximate surface area is 156 Å². The number of hydrogen-bond donors (Lipinski definition) is 2. The minimum absolute atomic E-state index is 0.354. The van der Waals surface area contributed by atoms with Crippen LogP contribution in [0.1, 0.15) is 16.7 Å². The number of anilines is 2. The maximum Gasteiger partial charge on any atom is 0.158 e. The van der Waals surface area contributed by atoms with Crippen molar-refractivity contribution >= 4 is 22.5 Å². The molecule has 0 radical (unpaired) electrons. The van der Waals surface area contributed by atoms with Crippen LogP contribution < -0.4 is 10.1 Å². The third-order valence-electron chi connectivity index (χ3n) is 4.30. The van der Waals surface area contributed by atoms with Crippen LogP contribution >= 0.6 is 0 Å². The second kappa shape index (κ2) is 7.18. The van der Waals surface area contributed by atoms with Crippen molar-refractivity contribution in [2.24, 2.45) is 0 Å². The molecule has 2 heterocycles. The van der Waals surface area contributed by atoms with Crippen LogP contribution in [-0.4, -0.2) is 15.0 Å². The van der Waals surface area contributed by atoms with Crippen molar-refractivity contribution in [3.8, 4) is 11.8 Å². The number of rotatable bonds is 5. The van der Waals surface area contributed by atoms with Gasteiger partial charge in [0.25, 0.3) is 0 Å². The quantitative estimate of drug-likeness (QED) is 0.552. The SMILES string of the molecule is Cc1cc(Nc2ncnc3cc[nH]c23)ccc1OCc1ccccc1C#N. The van der Waals surface area contributed by atoms with Crippen molar-refractivity contribution in [1.29, 1.82) is 5.26 Å². The molecule has 0 fully saturated rings. The van der Waals surface area contributed by atoms with E-state index in [9.17, 15) is 5.26 Å². The molecule has 0 saturated carbocycles. The molecule has 4 aromatic rings. The highest BCUT2D eigenvalue weighted by atomic mass is 16.5. The highest BCUT2D eigenvalue weighted by Crippen LogP contribution is 2.27. The molecule has 2 N–H and O–H groups in total. The first kappa shape index (κ1) is 16.6. The number of H-pyrrole nitrogens is 1. The van der Waals surface area contributed by atoms with Gasteiger partial charge in [0.1, 0.15) is 24.2 Å². The summed E-state index contributed by atoms with van der Waals surface area (Å²) in [6.07, 6.45) is 3.38. The van der Waals surface area contributed by atoms with Gasteiger partial charge in [-0.2, -0.15) is 5.26 Å². The number of aromatic amines is 1. The molecular formula is C21H17N5O. The Morgan fingerprint density at radius 3 is 2.89 bits per heavy atom. The average Bonchev–Trinajstić information content (AvgIpc) is 3.17. The zero-order chi connectivity index (χ0) is 18.6. The molecule has 6 nitrogen and oxygen atoms in total. The van der Waals surface area contributed by atoms with Gasteiger partial charge in [0, 0.05) is 17.4 Å². The highest BCUT2D eigenvalue weighted by Gasteiger charge is 2.08. The summed E-state index contributed by atoms with van der Waals surface area (Å²) in [4.78, 5) is 11.7. The fourth-order valence-electron chi connectivity index (χ4n) is 2.90. The fraction of sp³-hybridized carbons (Fsp3) is 0.0952. The number of aryl methyl sites for hydroxylation is 1. The monoisotopic (exact) mass is 355 g/mol. The van der Waals surface area contributed by atoms with Gasteiger partial charge in [-0.15, -0.1) is 0 Å². The summed E-state index contributed by atoms with van der Waals surface area (Å²) >= 11 is 0. The van der Waals surface area contributed by atoms with Gasteiger partial charge in [-0.05, 0) is 42.8 Å². The Morgan fingerprint density at radius 2 is 2.04 bits per heavy atom. The minimum Gasteiger partial charge on any atom is -0.489 e. The molecule has 27 heavy (non-hydrogen) atoms. The number of nitrogens with zero attached hydrogens (tertiary/aromatic N) is 3. The lowest BCUT2D eigenvalue weighted by atomic mass is 10.1. The topological polar surface area (TPSA) is 86.6 Å². The molecule has 0 saturated heterocycles. The number of nitriles is 1. The summed E-state index contributed by atoms with van der Waals surface area (Å²) in [5.41, 5.74) is 5.13. The average molecular weight is 355 g/mol. The molecule has 0 unspecified atom stereocenters. The first-order chi connectivity index (χ1) is 13.2. The lowest BCUT2D eigenvalue weighted by Gasteiger charge is -2.12. The normalized spacial score (nSPS) is 10.5. The molecule has 0 aliphatic rings. The molecule has 132 valence electrons. The van der Waals surface area contributed by atoms with E-state index in [0.717, 1.165) is 39.4 Å². The molecule has 0 spiro atoms. The predicted molar refractivity (Wildman–Crippen MR) is 104 cm³/mol. The van der Waals surface area contributed by atoms with Gasteiger partial charge >= 0.3 is 0 Å². The number of ether oxygens (including phenoxy) is 1. The van der Waals surface area contributed by atoms with Crippen molar-refractivity contribution in [1.82, 2.24) is 15.0 Å². The lowest BCUT2D eigenvalue weighted by Crippen LogP contribution is -2.00. The van der Waals surface area contributed by atoms with Crippen LogP contribution in [0.3, 0.4) is 0 Å². The van der Waals surface area contributed by atoms with Gasteiger partial charge in [0.2, 0.25) is 0 Å². The van der Waals surface area contributed by atoms with E-state index in [4.69, 9.17) is 4.74 Å². The van der Waals surface area contributed by atoms with Gasteiger partial charge in [0.05, 0.1) is 17.1 Å². The standard InChI is InChI=1S/C21H17N5O/c1-14-10-17(26-21-20-18(8-9-23-20)24-13-25-21)6-7-19(14)27-12-16-5-3-2-4-15(16)11-22/h2-10,13,23H,12H2,1H3,(H,24,25,26). The second-order valence-corrected chi connectivity index (χ2v) is 6.12. The number of hydrogen-bond acceptors (Lipinski definition) is 5. The predicted octanol–water partition coefficient (Wildman–Crippen LogP) is 4.46. The molecule has 4 rings (SSSR count). The van der Waals surface area contributed by atoms with Crippen LogP contribution in [0.2, 0.25) is 0 Å². The summed E-state index contributed by atoms with van der Waals surface area (Å²) in [6.45, 7) is 2.34. The van der Waals surface area contributed by atoms with Gasteiger partial charge in [-0.1, -0.05) is 18.2 Å². The Kier molecular flexibility index (Phi) is 4.42. The summed E-state index contributed by atoms with van der Waals surface area (Å²) in [7, 11) is 0. The summed E-state index contributed by atoms with van der Waals surface area (Å²) < 4.78 is 5.92. The molecular weight excluding hydrogens is 338 g/mol. The fourth-order valence-corrected chi connectivity index (χ4v) is 2.90. The van der Waals surface area contributed by atoms with Crippen molar-refractivity contribution < 1.29 is 4.74 Å². The van der Waals surface area contributed by atoms with Crippen LogP contribution in [0, 0.1) is 18.3 Å². The van der Waals surface area contributed by atoms with E-state index in [1.165, 1.54) is 6.33 Å². The molecule has 0 amide bonds. The maximum atomic E-state index is 9.18. The Bertz CT molecular complexity index is 1140. The van der Waals surface area contributed by atoms with Crippen LogP contribution in [0.5, 0.6) is 5.75 Å². The molecule has 2 aromatic heterocycles. The number of aromatic nitrogens is 3. The van der Waals surface area contributed by atoms with Gasteiger partial charge < -0.3 is 15.0 Å². The van der Waals surface area contributed by atoms with E-state index < -0.39 is 0 Å². The Hall–Kier alpha value is -3.85. The first-order valence-electron chi connectivity index (χ1n) is 8.51. The first-order valence-corrected chi connectivity index (χ1v) is 8.51. The molecule has 0 bridgehead atoms. The van der Waals surface area contributed by atoms with E-state index in [1.54, 1.807) is 6.07 Å². The van der Waals surface area contributed by atoms with Crippen LogP contribution in [-0.2, 0) is 6.61 Å². The largest absolute Gasteiger partial charge is 0.489 e. The zero-order valence-electron chi connectivity index (χ0n) is 14.7. The van der Waals surface area contributed by atoms with Crippen molar-refractivity contribution in [3.63, 3.8) is 0 Å². The highest BCUT2D eigenvalue weighted by molar-refractivity contribution is 5.87. The minimum atomic E-state index is 0.354. The van der Waals surface area contributed by atoms with Crippen molar-refractivity contribution in [3.05, 3.63) is 77.7 Å². The molecule has 0 aliphatic carbocycles. The molecule has 6 heteroatoms. The zero-order valence-corrected chi connectivity index (χ0v) is 14.7. The van der Waals surface area contributed by atoms with E-state index in [0.29, 0.717) is 12.2 Å². The number of benzene rings is 2. The molecule has 0 atom stereocenters. The van der Waals surface area contributed by atoms with Gasteiger partial charge in [-0.3, -0.25) is 0 Å². The molecule has 2 aromatic carbocycles. The van der Waals surface area contributed by atoms with E-state index in [2.05, 4.69) is 26.3 Å². The Balaban J connectivity index is 1.51. The summed E-state index contributed by atoms with van der Waals surface area (Å²) in [5.74, 6) is 1.50. The van der Waals surface area contributed by atoms with Crippen LogP contribution in [0.15, 0.2) is 61.1 Å². The van der Waals surface area contributed by atoms with Crippen LogP contribution in [0.4, 0.5) is 11.5 Å². The van der Waals surface area contributed by atoms with Crippen LogP contribution in [0.25, 0.3) is 11.0 Å². The van der Waals surface area contributed by atoms with Gasteiger partial charge in [-0.25, -0.2) is 9.97 Å². The van der Waals surface area contributed by atoms with E-state index in [-0.39, 0.29) is 0 Å². The maximum absolute atomic E-state index is 9.18. The van der Waals surface area contributed by atoms with E-state index in [1.807, 2.05) is 55.6 Å². The molecule has 0 aliphatic heterocycles. The third kappa shape index (κ3) is 3.44. The lowest BCUT2D eigenvalue weighted by molar-refractivity contribution is 0.304.